The fourth-order valence-corrected chi connectivity index (χ4v) is 0.481. The molecule has 0 unspecified atom stereocenters. The van der Waals surface area contributed by atoms with E-state index in [9.17, 15) is 9.59 Å². The number of rotatable bonds is 3. The summed E-state index contributed by atoms with van der Waals surface area (Å²) in [7, 11) is 3.43. The second kappa shape index (κ2) is 4.66. The lowest BCUT2D eigenvalue weighted by atomic mass is 10.4. The van der Waals surface area contributed by atoms with E-state index in [4.69, 9.17) is 0 Å². The highest BCUT2D eigenvalue weighted by atomic mass is 16.6. The summed E-state index contributed by atoms with van der Waals surface area (Å²) in [6.07, 6.45) is 0. The van der Waals surface area contributed by atoms with Crippen LogP contribution >= 0.6 is 0 Å². The first kappa shape index (κ1) is 10.8. The summed E-state index contributed by atoms with van der Waals surface area (Å²) in [5.41, 5.74) is 0.224. The standard InChI is InChI=1S/C8H13NO3/c1-6(2)8(11)12-7(10)5-9(3)4/h1,5H2,2-4H3. The van der Waals surface area contributed by atoms with E-state index in [1.165, 1.54) is 6.92 Å². The third-order valence-corrected chi connectivity index (χ3v) is 1.00. The molecule has 68 valence electrons. The predicted octanol–water partition coefficient (Wildman–Crippen LogP) is 0.194. The molecule has 0 radical (unpaired) electrons. The molecule has 0 aromatic carbocycles. The van der Waals surface area contributed by atoms with Crippen LogP contribution in [0.1, 0.15) is 6.92 Å². The lowest BCUT2D eigenvalue weighted by molar-refractivity contribution is -0.157. The van der Waals surface area contributed by atoms with Gasteiger partial charge in [0, 0.05) is 5.57 Å². The lowest BCUT2D eigenvalue weighted by Gasteiger charge is -2.07. The van der Waals surface area contributed by atoms with Crippen LogP contribution in [-0.4, -0.2) is 37.5 Å². The van der Waals surface area contributed by atoms with Crippen molar-refractivity contribution in [2.75, 3.05) is 20.6 Å². The molecule has 0 aliphatic heterocycles. The van der Waals surface area contributed by atoms with Crippen LogP contribution in [-0.2, 0) is 14.3 Å². The summed E-state index contributed by atoms with van der Waals surface area (Å²) >= 11 is 0. The van der Waals surface area contributed by atoms with Crippen molar-refractivity contribution in [2.45, 2.75) is 6.92 Å². The van der Waals surface area contributed by atoms with Crippen molar-refractivity contribution in [1.29, 1.82) is 0 Å². The minimum Gasteiger partial charge on any atom is -0.389 e. The smallest absolute Gasteiger partial charge is 0.340 e. The highest BCUT2D eigenvalue weighted by Gasteiger charge is 2.10. The first-order valence-electron chi connectivity index (χ1n) is 3.48. The Kier molecular flexibility index (Phi) is 4.21. The van der Waals surface area contributed by atoms with Crippen molar-refractivity contribution >= 4 is 11.9 Å². The molecule has 0 heterocycles. The van der Waals surface area contributed by atoms with E-state index >= 15 is 0 Å². The Morgan fingerprint density at radius 1 is 1.42 bits per heavy atom. The first-order chi connectivity index (χ1) is 5.43. The number of nitrogens with zero attached hydrogens (tertiary/aromatic N) is 1. The van der Waals surface area contributed by atoms with Gasteiger partial charge < -0.3 is 4.74 Å². The van der Waals surface area contributed by atoms with Gasteiger partial charge in [0.1, 0.15) is 0 Å². The topological polar surface area (TPSA) is 46.6 Å². The second-order valence-corrected chi connectivity index (χ2v) is 2.78. The Morgan fingerprint density at radius 3 is 2.25 bits per heavy atom. The van der Waals surface area contributed by atoms with Crippen molar-refractivity contribution in [3.05, 3.63) is 12.2 Å². The third kappa shape index (κ3) is 4.62. The average molecular weight is 171 g/mol. The summed E-state index contributed by atoms with van der Waals surface area (Å²) in [5.74, 6) is -1.23. The largest absolute Gasteiger partial charge is 0.389 e. The fourth-order valence-electron chi connectivity index (χ4n) is 0.481. The van der Waals surface area contributed by atoms with Crippen LogP contribution in [0.15, 0.2) is 12.2 Å². The molecule has 0 rings (SSSR count). The molecule has 0 amide bonds. The van der Waals surface area contributed by atoms with Crippen LogP contribution in [0.5, 0.6) is 0 Å². The molecule has 0 saturated heterocycles. The van der Waals surface area contributed by atoms with Gasteiger partial charge in [-0.25, -0.2) is 4.79 Å². The van der Waals surface area contributed by atoms with E-state index < -0.39 is 11.9 Å². The number of likely N-dealkylation sites (N-methyl/N-ethyl adjacent to an activating group) is 1. The Balaban J connectivity index is 3.85. The molecule has 0 aromatic heterocycles. The number of hydrogen-bond acceptors (Lipinski definition) is 4. The molecule has 0 aliphatic rings. The van der Waals surface area contributed by atoms with Gasteiger partial charge in [0.05, 0.1) is 6.54 Å². The van der Waals surface area contributed by atoms with Gasteiger partial charge in [0.15, 0.2) is 0 Å². The van der Waals surface area contributed by atoms with Gasteiger partial charge in [0.2, 0.25) is 0 Å². The maximum atomic E-state index is 10.8. The highest BCUT2D eigenvalue weighted by Crippen LogP contribution is 1.92. The van der Waals surface area contributed by atoms with Crippen LogP contribution in [0.3, 0.4) is 0 Å². The Labute approximate surface area is 71.8 Å². The van der Waals surface area contributed by atoms with E-state index in [1.807, 2.05) is 0 Å². The maximum absolute atomic E-state index is 10.8. The van der Waals surface area contributed by atoms with Gasteiger partial charge in [-0.15, -0.1) is 0 Å². The number of ether oxygens (including phenoxy) is 1. The predicted molar refractivity (Wildman–Crippen MR) is 44.5 cm³/mol. The quantitative estimate of drug-likeness (QED) is 0.345. The number of esters is 2. The van der Waals surface area contributed by atoms with E-state index in [1.54, 1.807) is 19.0 Å². The minimum absolute atomic E-state index is 0.0962. The molecule has 0 saturated carbocycles. The summed E-state index contributed by atoms with van der Waals surface area (Å²) < 4.78 is 4.40. The van der Waals surface area contributed by atoms with Crippen molar-refractivity contribution in [3.63, 3.8) is 0 Å². The van der Waals surface area contributed by atoms with Crippen molar-refractivity contribution in [3.8, 4) is 0 Å². The zero-order valence-corrected chi connectivity index (χ0v) is 7.59. The highest BCUT2D eigenvalue weighted by molar-refractivity contribution is 5.95. The molecule has 0 aliphatic carbocycles. The zero-order valence-electron chi connectivity index (χ0n) is 7.59. The third-order valence-electron chi connectivity index (χ3n) is 1.00. The van der Waals surface area contributed by atoms with Crippen molar-refractivity contribution in [1.82, 2.24) is 4.90 Å². The van der Waals surface area contributed by atoms with Crippen molar-refractivity contribution < 1.29 is 14.3 Å². The molecule has 0 N–H and O–H groups in total. The van der Waals surface area contributed by atoms with Gasteiger partial charge in [-0.1, -0.05) is 6.58 Å². The number of hydrogen-bond donors (Lipinski definition) is 0. The van der Waals surface area contributed by atoms with Crippen LogP contribution in [0, 0.1) is 0 Å². The molecule has 4 heteroatoms. The van der Waals surface area contributed by atoms with E-state index in [-0.39, 0.29) is 12.1 Å². The summed E-state index contributed by atoms with van der Waals surface area (Å²) in [5, 5.41) is 0. The van der Waals surface area contributed by atoms with Gasteiger partial charge >= 0.3 is 11.9 Å². The fraction of sp³-hybridized carbons (Fsp3) is 0.500. The monoisotopic (exact) mass is 171 g/mol. The normalized spacial score (nSPS) is 9.67. The molecule has 12 heavy (non-hydrogen) atoms. The van der Waals surface area contributed by atoms with Gasteiger partial charge in [-0.2, -0.15) is 0 Å². The van der Waals surface area contributed by atoms with E-state index in [0.29, 0.717) is 0 Å². The Hall–Kier alpha value is -1.16. The van der Waals surface area contributed by atoms with Gasteiger partial charge in [-0.05, 0) is 21.0 Å². The summed E-state index contributed by atoms with van der Waals surface area (Å²) in [6.45, 7) is 4.93. The molecular formula is C8H13NO3. The molecule has 0 atom stereocenters. The summed E-state index contributed by atoms with van der Waals surface area (Å²) in [4.78, 5) is 23.2. The van der Waals surface area contributed by atoms with Gasteiger partial charge in [-0.3, -0.25) is 9.69 Å². The number of carbonyl (C=O) groups is 2. The van der Waals surface area contributed by atoms with Crippen LogP contribution in [0.4, 0.5) is 0 Å². The maximum Gasteiger partial charge on any atom is 0.340 e. The molecule has 4 nitrogen and oxygen atoms in total. The average Bonchev–Trinajstić information content (AvgIpc) is 1.84. The first-order valence-corrected chi connectivity index (χ1v) is 3.48. The van der Waals surface area contributed by atoms with Crippen LogP contribution < -0.4 is 0 Å². The molecular weight excluding hydrogens is 158 g/mol. The minimum atomic E-state index is -0.665. The molecule has 0 aromatic rings. The van der Waals surface area contributed by atoms with Crippen LogP contribution in [0.2, 0.25) is 0 Å². The lowest BCUT2D eigenvalue weighted by Crippen LogP contribution is -2.25. The Bertz CT molecular complexity index is 208. The SMILES string of the molecule is C=C(C)C(=O)OC(=O)CN(C)C. The van der Waals surface area contributed by atoms with Crippen LogP contribution in [0.25, 0.3) is 0 Å². The Morgan fingerprint density at radius 2 is 1.92 bits per heavy atom. The van der Waals surface area contributed by atoms with E-state index in [0.717, 1.165) is 0 Å². The molecule has 0 bridgehead atoms. The van der Waals surface area contributed by atoms with Crippen molar-refractivity contribution in [2.24, 2.45) is 0 Å². The van der Waals surface area contributed by atoms with Gasteiger partial charge in [0.25, 0.3) is 0 Å². The van der Waals surface area contributed by atoms with E-state index in [2.05, 4.69) is 11.3 Å². The number of carbonyl (C=O) groups excluding carboxylic acids is 2. The summed E-state index contributed by atoms with van der Waals surface area (Å²) in [6, 6.07) is 0. The second-order valence-electron chi connectivity index (χ2n) is 2.78. The molecule has 0 spiro atoms. The molecule has 0 fully saturated rings. The zero-order chi connectivity index (χ0) is 9.72.